The van der Waals surface area contributed by atoms with E-state index in [9.17, 15) is 17.6 Å². The molecule has 0 N–H and O–H groups in total. The minimum atomic E-state index is -4.76. The molecule has 7 heteroatoms. The van der Waals surface area contributed by atoms with E-state index in [1.807, 2.05) is 0 Å². The molecule has 0 atom stereocenters. The molecule has 2 aromatic rings. The summed E-state index contributed by atoms with van der Waals surface area (Å²) in [5, 5.41) is 0. The quantitative estimate of drug-likeness (QED) is 0.619. The fourth-order valence-corrected chi connectivity index (χ4v) is 2.31. The lowest BCUT2D eigenvalue weighted by Crippen LogP contribution is -2.58. The normalized spacial score (nSPS) is 15.9. The van der Waals surface area contributed by atoms with Gasteiger partial charge in [-0.15, -0.1) is 13.2 Å². The lowest BCUT2D eigenvalue weighted by atomic mass is 9.96. The number of rotatable bonds is 2. The van der Waals surface area contributed by atoms with E-state index in [1.54, 1.807) is 35.4 Å². The average molecular weight is 336 g/mol. The Morgan fingerprint density at radius 3 is 2.58 bits per heavy atom. The molecule has 2 heterocycles. The van der Waals surface area contributed by atoms with E-state index >= 15 is 0 Å². The van der Waals surface area contributed by atoms with Crippen molar-refractivity contribution in [2.45, 2.75) is 12.0 Å². The van der Waals surface area contributed by atoms with Crippen molar-refractivity contribution >= 4 is 5.69 Å². The van der Waals surface area contributed by atoms with Crippen LogP contribution in [0.1, 0.15) is 5.69 Å². The maximum absolute atomic E-state index is 14.4. The minimum absolute atomic E-state index is 0.0255. The molecule has 0 bridgehead atoms. The first-order valence-electron chi connectivity index (χ1n) is 7.07. The van der Waals surface area contributed by atoms with Gasteiger partial charge in [0.15, 0.2) is 0 Å². The third-order valence-electron chi connectivity index (χ3n) is 3.38. The monoisotopic (exact) mass is 336 g/mol. The van der Waals surface area contributed by atoms with Crippen LogP contribution in [0.4, 0.5) is 23.2 Å². The van der Waals surface area contributed by atoms with Crippen molar-refractivity contribution in [1.82, 2.24) is 4.98 Å². The van der Waals surface area contributed by atoms with E-state index in [0.717, 1.165) is 0 Å². The molecule has 0 unspecified atom stereocenters. The fourth-order valence-electron chi connectivity index (χ4n) is 2.31. The molecular weight excluding hydrogens is 324 g/mol. The van der Waals surface area contributed by atoms with Crippen LogP contribution < -0.4 is 9.64 Å². The zero-order chi connectivity index (χ0) is 17.2. The van der Waals surface area contributed by atoms with Crippen molar-refractivity contribution in [3.63, 3.8) is 0 Å². The predicted octanol–water partition coefficient (Wildman–Crippen LogP) is 3.56. The summed E-state index contributed by atoms with van der Waals surface area (Å²) >= 11 is 0. The molecule has 1 aromatic heterocycles. The second kappa shape index (κ2) is 6.04. The molecule has 0 radical (unpaired) electrons. The number of anilines is 1. The molecule has 3 nitrogen and oxygen atoms in total. The van der Waals surface area contributed by atoms with Gasteiger partial charge in [0.25, 0.3) is 0 Å². The molecule has 124 valence electrons. The van der Waals surface area contributed by atoms with Crippen molar-refractivity contribution in [2.24, 2.45) is 0 Å². The molecule has 24 heavy (non-hydrogen) atoms. The zero-order valence-electron chi connectivity index (χ0n) is 12.3. The van der Waals surface area contributed by atoms with Crippen molar-refractivity contribution in [1.29, 1.82) is 0 Å². The van der Waals surface area contributed by atoms with Crippen LogP contribution in [0.5, 0.6) is 5.75 Å². The first kappa shape index (κ1) is 16.1. The molecule has 1 aromatic carbocycles. The average Bonchev–Trinajstić information content (AvgIpc) is 2.50. The zero-order valence-corrected chi connectivity index (χ0v) is 12.3. The van der Waals surface area contributed by atoms with Crippen LogP contribution in [0.2, 0.25) is 0 Å². The van der Waals surface area contributed by atoms with Gasteiger partial charge in [0.05, 0.1) is 13.1 Å². The molecule has 0 amide bonds. The summed E-state index contributed by atoms with van der Waals surface area (Å²) in [6.45, 7) is -0.0510. The van der Waals surface area contributed by atoms with Crippen molar-refractivity contribution in [3.8, 4) is 17.6 Å². The minimum Gasteiger partial charge on any atom is -0.406 e. The van der Waals surface area contributed by atoms with E-state index in [0.29, 0.717) is 11.4 Å². The Balaban J connectivity index is 1.66. The Kier molecular flexibility index (Phi) is 4.06. The van der Waals surface area contributed by atoms with E-state index in [2.05, 4.69) is 21.6 Å². The summed E-state index contributed by atoms with van der Waals surface area (Å²) in [5.74, 6) is 4.86. The lowest BCUT2D eigenvalue weighted by Gasteiger charge is -2.42. The van der Waals surface area contributed by atoms with Gasteiger partial charge < -0.3 is 9.64 Å². The molecule has 1 saturated heterocycles. The molecule has 1 fully saturated rings. The van der Waals surface area contributed by atoms with Gasteiger partial charge in [-0.2, -0.15) is 0 Å². The number of benzene rings is 1. The van der Waals surface area contributed by atoms with Gasteiger partial charge in [0, 0.05) is 18.0 Å². The maximum atomic E-state index is 14.4. The number of aromatic nitrogens is 1. The van der Waals surface area contributed by atoms with Crippen LogP contribution in [-0.2, 0) is 0 Å². The number of nitrogens with zero attached hydrogens (tertiary/aromatic N) is 2. The molecular formula is C17H12F4N2O. The van der Waals surface area contributed by atoms with E-state index < -0.39 is 12.0 Å². The molecule has 3 rings (SSSR count). The first-order valence-corrected chi connectivity index (χ1v) is 7.07. The topological polar surface area (TPSA) is 25.4 Å². The summed E-state index contributed by atoms with van der Waals surface area (Å²) in [6.07, 6.45) is -3.19. The van der Waals surface area contributed by atoms with E-state index in [4.69, 9.17) is 0 Å². The van der Waals surface area contributed by atoms with Crippen LogP contribution in [0.15, 0.2) is 48.7 Å². The Bertz CT molecular complexity index is 774. The number of halogens is 4. The SMILES string of the molecule is FC1(C#Cc2ccccn2)CN(c2cccc(OC(F)(F)F)c2)C1. The predicted molar refractivity (Wildman–Crippen MR) is 80.3 cm³/mol. The summed E-state index contributed by atoms with van der Waals surface area (Å²) in [5.41, 5.74) is -0.795. The van der Waals surface area contributed by atoms with Gasteiger partial charge in [-0.05, 0) is 30.2 Å². The van der Waals surface area contributed by atoms with Crippen LogP contribution in [0.3, 0.4) is 0 Å². The molecule has 0 spiro atoms. The third-order valence-corrected chi connectivity index (χ3v) is 3.38. The highest BCUT2D eigenvalue weighted by atomic mass is 19.4. The smallest absolute Gasteiger partial charge is 0.406 e. The lowest BCUT2D eigenvalue weighted by molar-refractivity contribution is -0.274. The molecule has 1 aliphatic rings. The Labute approximate surface area is 135 Å². The van der Waals surface area contributed by atoms with Crippen LogP contribution in [-0.4, -0.2) is 30.1 Å². The number of hydrogen-bond donors (Lipinski definition) is 0. The highest BCUT2D eigenvalue weighted by Gasteiger charge is 2.42. The largest absolute Gasteiger partial charge is 0.573 e. The van der Waals surface area contributed by atoms with Crippen molar-refractivity contribution < 1.29 is 22.3 Å². The standard InChI is InChI=1S/C17H12F4N2O/c18-16(8-7-13-4-1-2-9-22-13)11-23(12-16)14-5-3-6-15(10-14)24-17(19,20)21/h1-6,9-10H,11-12H2. The second-order valence-corrected chi connectivity index (χ2v) is 5.33. The van der Waals surface area contributed by atoms with Crippen LogP contribution in [0.25, 0.3) is 0 Å². The maximum Gasteiger partial charge on any atom is 0.573 e. The van der Waals surface area contributed by atoms with Gasteiger partial charge in [-0.3, -0.25) is 0 Å². The number of hydrogen-bond acceptors (Lipinski definition) is 3. The highest BCUT2D eigenvalue weighted by Crippen LogP contribution is 2.33. The van der Waals surface area contributed by atoms with Crippen LogP contribution in [0, 0.1) is 11.8 Å². The van der Waals surface area contributed by atoms with E-state index in [1.165, 1.54) is 18.2 Å². The Morgan fingerprint density at radius 2 is 1.92 bits per heavy atom. The van der Waals surface area contributed by atoms with Gasteiger partial charge in [-0.25, -0.2) is 9.37 Å². The Morgan fingerprint density at radius 1 is 1.12 bits per heavy atom. The first-order chi connectivity index (χ1) is 11.3. The molecule has 1 aliphatic heterocycles. The van der Waals surface area contributed by atoms with Gasteiger partial charge >= 0.3 is 6.36 Å². The Hall–Kier alpha value is -2.75. The summed E-state index contributed by atoms with van der Waals surface area (Å²) < 4.78 is 55.0. The third kappa shape index (κ3) is 3.96. The van der Waals surface area contributed by atoms with E-state index in [-0.39, 0.29) is 18.8 Å². The molecule has 0 saturated carbocycles. The van der Waals surface area contributed by atoms with Gasteiger partial charge in [0.2, 0.25) is 5.67 Å². The number of pyridine rings is 1. The highest BCUT2D eigenvalue weighted by molar-refractivity contribution is 5.56. The summed E-state index contributed by atoms with van der Waals surface area (Å²) in [7, 11) is 0. The van der Waals surface area contributed by atoms with Crippen molar-refractivity contribution in [2.75, 3.05) is 18.0 Å². The summed E-state index contributed by atoms with van der Waals surface area (Å²) in [4.78, 5) is 5.58. The van der Waals surface area contributed by atoms with Gasteiger partial charge in [0.1, 0.15) is 11.4 Å². The van der Waals surface area contributed by atoms with Crippen molar-refractivity contribution in [3.05, 3.63) is 54.4 Å². The van der Waals surface area contributed by atoms with Crippen LogP contribution >= 0.6 is 0 Å². The summed E-state index contributed by atoms with van der Waals surface area (Å²) in [6, 6.07) is 10.6. The van der Waals surface area contributed by atoms with Gasteiger partial charge in [-0.1, -0.05) is 18.1 Å². The second-order valence-electron chi connectivity index (χ2n) is 5.33. The number of ether oxygens (including phenoxy) is 1. The fraction of sp³-hybridized carbons (Fsp3) is 0.235. The number of alkyl halides is 4. The molecule has 0 aliphatic carbocycles.